The fraction of sp³-hybridized carbons (Fsp3) is 0.250. The molecule has 8 heteroatoms. The van der Waals surface area contributed by atoms with Gasteiger partial charge in [0.2, 0.25) is 10.0 Å². The highest BCUT2D eigenvalue weighted by Crippen LogP contribution is 2.25. The smallest absolute Gasteiger partial charge is 0.274 e. The molecule has 0 amide bonds. The van der Waals surface area contributed by atoms with Crippen molar-refractivity contribution in [2.45, 2.75) is 18.4 Å². The van der Waals surface area contributed by atoms with Gasteiger partial charge in [-0.05, 0) is 30.7 Å². The predicted octanol–water partition coefficient (Wildman–Crippen LogP) is 2.77. The fourth-order valence-corrected chi connectivity index (χ4v) is 3.21. The molecule has 0 saturated heterocycles. The molecule has 0 bridgehead atoms. The third-order valence-electron chi connectivity index (χ3n) is 3.66. The molecule has 128 valence electrons. The van der Waals surface area contributed by atoms with Gasteiger partial charge in [-0.25, -0.2) is 12.7 Å². The lowest BCUT2D eigenvalue weighted by Gasteiger charge is -2.13. The maximum Gasteiger partial charge on any atom is 0.274 e. The number of benzene rings is 2. The zero-order chi connectivity index (χ0) is 17.9. The van der Waals surface area contributed by atoms with Crippen LogP contribution in [0.5, 0.6) is 0 Å². The molecular weight excluding hydrogens is 330 g/mol. The first-order valence-electron chi connectivity index (χ1n) is 7.23. The summed E-state index contributed by atoms with van der Waals surface area (Å²) in [7, 11) is -0.534. The van der Waals surface area contributed by atoms with Gasteiger partial charge in [-0.15, -0.1) is 0 Å². The van der Waals surface area contributed by atoms with E-state index in [1.54, 1.807) is 37.3 Å². The van der Waals surface area contributed by atoms with Crippen LogP contribution in [0.15, 0.2) is 47.4 Å². The van der Waals surface area contributed by atoms with Gasteiger partial charge in [-0.1, -0.05) is 18.2 Å². The summed E-state index contributed by atoms with van der Waals surface area (Å²) in [6.07, 6.45) is 0. The van der Waals surface area contributed by atoms with Gasteiger partial charge in [0.05, 0.1) is 9.82 Å². The van der Waals surface area contributed by atoms with Crippen molar-refractivity contribution >= 4 is 21.4 Å². The number of rotatable bonds is 6. The van der Waals surface area contributed by atoms with E-state index in [2.05, 4.69) is 5.32 Å². The standard InChI is InChI=1S/C16H19N3O4S/c1-12-15(8-5-9-16(12)19(20)21)17-11-13-6-4-7-14(10-13)24(22,23)18(2)3/h4-10,17H,11H2,1-3H3. The first-order chi connectivity index (χ1) is 11.2. The van der Waals surface area contributed by atoms with Crippen molar-refractivity contribution in [1.82, 2.24) is 4.31 Å². The highest BCUT2D eigenvalue weighted by molar-refractivity contribution is 7.89. The quantitative estimate of drug-likeness (QED) is 0.639. The Kier molecular flexibility index (Phi) is 5.20. The van der Waals surface area contributed by atoms with Gasteiger partial charge >= 0.3 is 0 Å². The highest BCUT2D eigenvalue weighted by Gasteiger charge is 2.17. The average Bonchev–Trinajstić information content (AvgIpc) is 2.53. The Balaban J connectivity index is 2.22. The zero-order valence-electron chi connectivity index (χ0n) is 13.7. The van der Waals surface area contributed by atoms with Crippen molar-refractivity contribution in [1.29, 1.82) is 0 Å². The van der Waals surface area contributed by atoms with Crippen LogP contribution in [0.3, 0.4) is 0 Å². The molecule has 1 N–H and O–H groups in total. The number of anilines is 1. The summed E-state index contributed by atoms with van der Waals surface area (Å²) in [6.45, 7) is 2.03. The van der Waals surface area contributed by atoms with Crippen LogP contribution in [0.1, 0.15) is 11.1 Å². The molecule has 0 heterocycles. The number of nitrogens with zero attached hydrogens (tertiary/aromatic N) is 2. The molecule has 0 aliphatic heterocycles. The monoisotopic (exact) mass is 349 g/mol. The molecule has 0 saturated carbocycles. The van der Waals surface area contributed by atoms with E-state index in [9.17, 15) is 18.5 Å². The summed E-state index contributed by atoms with van der Waals surface area (Å²) in [5.41, 5.74) is 2.00. The lowest BCUT2D eigenvalue weighted by Crippen LogP contribution is -2.22. The molecule has 2 aromatic rings. The van der Waals surface area contributed by atoms with E-state index in [1.165, 1.54) is 26.2 Å². The minimum Gasteiger partial charge on any atom is -0.381 e. The lowest BCUT2D eigenvalue weighted by molar-refractivity contribution is -0.385. The van der Waals surface area contributed by atoms with Crippen LogP contribution < -0.4 is 5.32 Å². The molecule has 0 aliphatic carbocycles. The lowest BCUT2D eigenvalue weighted by atomic mass is 10.1. The van der Waals surface area contributed by atoms with E-state index in [0.717, 1.165) is 9.87 Å². The van der Waals surface area contributed by atoms with Crippen molar-refractivity contribution in [2.24, 2.45) is 0 Å². The van der Waals surface area contributed by atoms with Gasteiger partial charge < -0.3 is 5.32 Å². The van der Waals surface area contributed by atoms with E-state index in [-0.39, 0.29) is 10.6 Å². The highest BCUT2D eigenvalue weighted by atomic mass is 32.2. The largest absolute Gasteiger partial charge is 0.381 e. The number of hydrogen-bond donors (Lipinski definition) is 1. The summed E-state index contributed by atoms with van der Waals surface area (Å²) in [6, 6.07) is 11.4. The molecule has 0 fully saturated rings. The van der Waals surface area contributed by atoms with Crippen LogP contribution >= 0.6 is 0 Å². The van der Waals surface area contributed by atoms with Crippen molar-refractivity contribution in [3.05, 3.63) is 63.7 Å². The van der Waals surface area contributed by atoms with Crippen LogP contribution in [0, 0.1) is 17.0 Å². The van der Waals surface area contributed by atoms with Gasteiger partial charge in [-0.3, -0.25) is 10.1 Å². The van der Waals surface area contributed by atoms with Gasteiger partial charge in [0, 0.05) is 38.0 Å². The van der Waals surface area contributed by atoms with Crippen molar-refractivity contribution in [2.75, 3.05) is 19.4 Å². The first-order valence-corrected chi connectivity index (χ1v) is 8.67. The molecule has 2 aromatic carbocycles. The van der Waals surface area contributed by atoms with E-state index in [1.807, 2.05) is 0 Å². The van der Waals surface area contributed by atoms with Gasteiger partial charge in [-0.2, -0.15) is 0 Å². The number of nitrogens with one attached hydrogen (secondary N) is 1. The molecule has 2 rings (SSSR count). The number of sulfonamides is 1. The molecule has 24 heavy (non-hydrogen) atoms. The predicted molar refractivity (Wildman–Crippen MR) is 92.5 cm³/mol. The summed E-state index contributed by atoms with van der Waals surface area (Å²) in [5.74, 6) is 0. The Morgan fingerprint density at radius 1 is 1.17 bits per heavy atom. The minimum atomic E-state index is -3.49. The van der Waals surface area contributed by atoms with E-state index >= 15 is 0 Å². The normalized spacial score (nSPS) is 11.5. The summed E-state index contributed by atoms with van der Waals surface area (Å²) in [4.78, 5) is 10.8. The fourth-order valence-electron chi connectivity index (χ4n) is 2.24. The topological polar surface area (TPSA) is 92.6 Å². The zero-order valence-corrected chi connectivity index (χ0v) is 14.5. The summed E-state index contributed by atoms with van der Waals surface area (Å²) >= 11 is 0. The molecule has 0 aromatic heterocycles. The molecule has 0 atom stereocenters. The van der Waals surface area contributed by atoms with Crippen molar-refractivity contribution in [3.63, 3.8) is 0 Å². The maximum absolute atomic E-state index is 12.2. The Morgan fingerprint density at radius 2 is 1.83 bits per heavy atom. The van der Waals surface area contributed by atoms with Crippen LogP contribution in [0.4, 0.5) is 11.4 Å². The number of nitro benzene ring substituents is 1. The molecule has 0 spiro atoms. The Labute approximate surface area is 141 Å². The summed E-state index contributed by atoms with van der Waals surface area (Å²) < 4.78 is 25.5. The second-order valence-corrected chi connectivity index (χ2v) is 7.65. The molecule has 0 unspecified atom stereocenters. The van der Waals surface area contributed by atoms with Crippen LogP contribution in [-0.4, -0.2) is 31.7 Å². The van der Waals surface area contributed by atoms with Gasteiger partial charge in [0.1, 0.15) is 0 Å². The SMILES string of the molecule is Cc1c(NCc2cccc(S(=O)(=O)N(C)C)c2)cccc1[N+](=O)[O-]. The third kappa shape index (κ3) is 3.72. The molecule has 7 nitrogen and oxygen atoms in total. The van der Waals surface area contributed by atoms with Gasteiger partial charge in [0.15, 0.2) is 0 Å². The van der Waals surface area contributed by atoms with Crippen molar-refractivity contribution < 1.29 is 13.3 Å². The molecule has 0 radical (unpaired) electrons. The second-order valence-electron chi connectivity index (χ2n) is 5.50. The second kappa shape index (κ2) is 6.98. The van der Waals surface area contributed by atoms with Crippen LogP contribution in [0.2, 0.25) is 0 Å². The van der Waals surface area contributed by atoms with Crippen LogP contribution in [0.25, 0.3) is 0 Å². The minimum absolute atomic E-state index is 0.0453. The summed E-state index contributed by atoms with van der Waals surface area (Å²) in [5, 5.41) is 14.1. The number of nitro groups is 1. The van der Waals surface area contributed by atoms with Crippen molar-refractivity contribution in [3.8, 4) is 0 Å². The van der Waals surface area contributed by atoms with E-state index in [0.29, 0.717) is 17.8 Å². The number of hydrogen-bond acceptors (Lipinski definition) is 5. The Morgan fingerprint density at radius 3 is 2.46 bits per heavy atom. The third-order valence-corrected chi connectivity index (χ3v) is 5.47. The molecular formula is C16H19N3O4S. The van der Waals surface area contributed by atoms with Gasteiger partial charge in [0.25, 0.3) is 5.69 Å². The first kappa shape index (κ1) is 17.9. The Hall–Kier alpha value is -2.45. The average molecular weight is 349 g/mol. The maximum atomic E-state index is 12.2. The van der Waals surface area contributed by atoms with E-state index in [4.69, 9.17) is 0 Å². The molecule has 0 aliphatic rings. The van der Waals surface area contributed by atoms with E-state index < -0.39 is 14.9 Å². The van der Waals surface area contributed by atoms with Crippen LogP contribution in [-0.2, 0) is 16.6 Å². The Bertz CT molecular complexity index is 863.